The summed E-state index contributed by atoms with van der Waals surface area (Å²) in [6, 6.07) is 12.0. The normalized spacial score (nSPS) is 16.1. The maximum Gasteiger partial charge on any atom is 0.324 e. The second-order valence-corrected chi connectivity index (χ2v) is 6.95. The highest BCUT2D eigenvalue weighted by Gasteiger charge is 2.28. The zero-order chi connectivity index (χ0) is 16.6. The second kappa shape index (κ2) is 5.79. The molecule has 0 atom stereocenters. The number of para-hydroxylation sites is 2. The van der Waals surface area contributed by atoms with E-state index >= 15 is 0 Å². The molecule has 0 spiro atoms. The Kier molecular flexibility index (Phi) is 3.61. The highest BCUT2D eigenvalue weighted by molar-refractivity contribution is 7.94. The van der Waals surface area contributed by atoms with Gasteiger partial charge in [0.1, 0.15) is 25.6 Å². The third kappa shape index (κ3) is 2.69. The molecule has 7 nitrogen and oxygen atoms in total. The number of rotatable bonds is 3. The summed E-state index contributed by atoms with van der Waals surface area (Å²) in [5, 5.41) is 0. The SMILES string of the molecule is O=S(=O)(Nc1ccc2c(c1)OCCO2)N1CCOc2ccccc21. The number of nitrogens with one attached hydrogen (secondary N) is 1. The van der Waals surface area contributed by atoms with Crippen LogP contribution in [-0.2, 0) is 10.2 Å². The minimum absolute atomic E-state index is 0.247. The molecule has 8 heteroatoms. The molecule has 2 aliphatic rings. The summed E-state index contributed by atoms with van der Waals surface area (Å²) in [6.45, 7) is 1.48. The van der Waals surface area contributed by atoms with Crippen LogP contribution < -0.4 is 23.2 Å². The molecule has 2 aromatic rings. The van der Waals surface area contributed by atoms with Crippen molar-refractivity contribution in [3.63, 3.8) is 0 Å². The third-order valence-electron chi connectivity index (χ3n) is 3.77. The predicted molar refractivity (Wildman–Crippen MR) is 89.3 cm³/mol. The largest absolute Gasteiger partial charge is 0.489 e. The molecule has 0 aliphatic carbocycles. The zero-order valence-electron chi connectivity index (χ0n) is 12.8. The van der Waals surface area contributed by atoms with E-state index in [1.807, 2.05) is 6.07 Å². The van der Waals surface area contributed by atoms with Crippen LogP contribution in [0, 0.1) is 0 Å². The Hall–Kier alpha value is -2.61. The van der Waals surface area contributed by atoms with Crippen LogP contribution in [0.15, 0.2) is 42.5 Å². The highest BCUT2D eigenvalue weighted by atomic mass is 32.2. The maximum atomic E-state index is 12.8. The van der Waals surface area contributed by atoms with Crippen molar-refractivity contribution in [3.05, 3.63) is 42.5 Å². The minimum atomic E-state index is -3.77. The van der Waals surface area contributed by atoms with Gasteiger partial charge in [-0.05, 0) is 24.3 Å². The summed E-state index contributed by atoms with van der Waals surface area (Å²) in [6.07, 6.45) is 0. The zero-order valence-corrected chi connectivity index (χ0v) is 13.6. The number of fused-ring (bicyclic) bond motifs is 2. The van der Waals surface area contributed by atoms with E-state index in [2.05, 4.69) is 4.72 Å². The Labute approximate surface area is 139 Å². The Morgan fingerprint density at radius 3 is 2.50 bits per heavy atom. The van der Waals surface area contributed by atoms with Crippen LogP contribution in [0.1, 0.15) is 0 Å². The molecule has 0 amide bonds. The van der Waals surface area contributed by atoms with Gasteiger partial charge < -0.3 is 14.2 Å². The first-order chi connectivity index (χ1) is 11.6. The Bertz CT molecular complexity index is 869. The van der Waals surface area contributed by atoms with E-state index in [1.54, 1.807) is 36.4 Å². The van der Waals surface area contributed by atoms with Gasteiger partial charge in [-0.25, -0.2) is 4.31 Å². The standard InChI is InChI=1S/C16H16N2O5S/c19-24(20,18-7-8-21-14-4-2-1-3-13(14)18)17-12-5-6-15-16(11-12)23-10-9-22-15/h1-6,11,17H,7-10H2. The number of nitrogens with zero attached hydrogens (tertiary/aromatic N) is 1. The fraction of sp³-hybridized carbons (Fsp3) is 0.250. The van der Waals surface area contributed by atoms with Gasteiger partial charge in [0.15, 0.2) is 11.5 Å². The fourth-order valence-electron chi connectivity index (χ4n) is 2.70. The lowest BCUT2D eigenvalue weighted by atomic mass is 10.2. The Balaban J connectivity index is 1.62. The van der Waals surface area contributed by atoms with Crippen LogP contribution >= 0.6 is 0 Å². The van der Waals surface area contributed by atoms with Gasteiger partial charge in [0.05, 0.1) is 17.9 Å². The monoisotopic (exact) mass is 348 g/mol. The van der Waals surface area contributed by atoms with Crippen molar-refractivity contribution in [1.82, 2.24) is 0 Å². The fourth-order valence-corrected chi connectivity index (χ4v) is 3.96. The molecular formula is C16H16N2O5S. The molecule has 0 fully saturated rings. The summed E-state index contributed by atoms with van der Waals surface area (Å²) in [7, 11) is -3.77. The smallest absolute Gasteiger partial charge is 0.324 e. The summed E-state index contributed by atoms with van der Waals surface area (Å²) < 4.78 is 45.9. The van der Waals surface area contributed by atoms with Crippen molar-refractivity contribution < 1.29 is 22.6 Å². The number of anilines is 2. The van der Waals surface area contributed by atoms with E-state index in [9.17, 15) is 8.42 Å². The number of hydrogen-bond donors (Lipinski definition) is 1. The van der Waals surface area contributed by atoms with Crippen LogP contribution in [0.25, 0.3) is 0 Å². The van der Waals surface area contributed by atoms with Gasteiger partial charge in [-0.3, -0.25) is 4.72 Å². The van der Waals surface area contributed by atoms with Crippen LogP contribution in [0.4, 0.5) is 11.4 Å². The maximum absolute atomic E-state index is 12.8. The Morgan fingerprint density at radius 1 is 0.875 bits per heavy atom. The molecule has 1 N–H and O–H groups in total. The lowest BCUT2D eigenvalue weighted by molar-refractivity contribution is 0.171. The van der Waals surface area contributed by atoms with Gasteiger partial charge in [-0.15, -0.1) is 0 Å². The number of benzene rings is 2. The van der Waals surface area contributed by atoms with Crippen molar-refractivity contribution in [2.75, 3.05) is 35.4 Å². The molecule has 2 aliphatic heterocycles. The summed E-state index contributed by atoms with van der Waals surface area (Å²) in [5.41, 5.74) is 0.942. The first kappa shape index (κ1) is 14.9. The Morgan fingerprint density at radius 2 is 1.62 bits per heavy atom. The minimum Gasteiger partial charge on any atom is -0.489 e. The summed E-state index contributed by atoms with van der Waals surface area (Å²) in [5.74, 6) is 1.70. The second-order valence-electron chi connectivity index (χ2n) is 5.35. The molecule has 0 radical (unpaired) electrons. The lowest BCUT2D eigenvalue weighted by Gasteiger charge is -2.30. The summed E-state index contributed by atoms with van der Waals surface area (Å²) >= 11 is 0. The first-order valence-electron chi connectivity index (χ1n) is 7.55. The highest BCUT2D eigenvalue weighted by Crippen LogP contribution is 2.35. The van der Waals surface area contributed by atoms with Gasteiger partial charge in [0, 0.05) is 6.07 Å². The van der Waals surface area contributed by atoms with Crippen LogP contribution in [0.2, 0.25) is 0 Å². The van der Waals surface area contributed by atoms with Gasteiger partial charge >= 0.3 is 10.2 Å². The van der Waals surface area contributed by atoms with Crippen LogP contribution in [0.3, 0.4) is 0 Å². The average molecular weight is 348 g/mol. The molecule has 2 aromatic carbocycles. The first-order valence-corrected chi connectivity index (χ1v) is 8.99. The molecule has 126 valence electrons. The molecular weight excluding hydrogens is 332 g/mol. The molecule has 0 unspecified atom stereocenters. The summed E-state index contributed by atoms with van der Waals surface area (Å²) in [4.78, 5) is 0. The van der Waals surface area contributed by atoms with Crippen molar-refractivity contribution in [2.45, 2.75) is 0 Å². The molecule has 0 saturated carbocycles. The van der Waals surface area contributed by atoms with Crippen LogP contribution in [-0.4, -0.2) is 34.8 Å². The van der Waals surface area contributed by atoms with E-state index in [4.69, 9.17) is 14.2 Å². The van der Waals surface area contributed by atoms with E-state index in [1.165, 1.54) is 4.31 Å². The van der Waals surface area contributed by atoms with E-state index in [0.29, 0.717) is 48.4 Å². The third-order valence-corrected chi connectivity index (χ3v) is 5.22. The topological polar surface area (TPSA) is 77.1 Å². The molecule has 0 bridgehead atoms. The van der Waals surface area contributed by atoms with Crippen LogP contribution in [0.5, 0.6) is 17.2 Å². The molecule has 0 aromatic heterocycles. The lowest BCUT2D eigenvalue weighted by Crippen LogP contribution is -2.41. The average Bonchev–Trinajstić information content (AvgIpc) is 2.61. The predicted octanol–water partition coefficient (Wildman–Crippen LogP) is 2.01. The molecule has 0 saturated heterocycles. The van der Waals surface area contributed by atoms with E-state index in [0.717, 1.165) is 0 Å². The van der Waals surface area contributed by atoms with E-state index < -0.39 is 10.2 Å². The number of ether oxygens (including phenoxy) is 3. The van der Waals surface area contributed by atoms with Crippen molar-refractivity contribution in [1.29, 1.82) is 0 Å². The van der Waals surface area contributed by atoms with Crippen molar-refractivity contribution in [3.8, 4) is 17.2 Å². The molecule has 2 heterocycles. The van der Waals surface area contributed by atoms with Gasteiger partial charge in [0.2, 0.25) is 0 Å². The van der Waals surface area contributed by atoms with Crippen molar-refractivity contribution in [2.24, 2.45) is 0 Å². The quantitative estimate of drug-likeness (QED) is 0.918. The van der Waals surface area contributed by atoms with Gasteiger partial charge in [-0.1, -0.05) is 12.1 Å². The molecule has 24 heavy (non-hydrogen) atoms. The van der Waals surface area contributed by atoms with E-state index in [-0.39, 0.29) is 6.54 Å². The number of hydrogen-bond acceptors (Lipinski definition) is 5. The molecule has 4 rings (SSSR count). The van der Waals surface area contributed by atoms with Gasteiger partial charge in [-0.2, -0.15) is 8.42 Å². The van der Waals surface area contributed by atoms with Gasteiger partial charge in [0.25, 0.3) is 0 Å². The van der Waals surface area contributed by atoms with Crippen molar-refractivity contribution >= 4 is 21.6 Å².